The molecule has 1 aromatic carbocycles. The quantitative estimate of drug-likeness (QED) is 0.892. The van der Waals surface area contributed by atoms with E-state index in [2.05, 4.69) is 10.3 Å². The van der Waals surface area contributed by atoms with Crippen LogP contribution in [0.15, 0.2) is 18.2 Å². The van der Waals surface area contributed by atoms with E-state index in [0.29, 0.717) is 26.6 Å². The number of halogens is 2. The number of thiazole rings is 1. The van der Waals surface area contributed by atoms with Crippen LogP contribution in [0.3, 0.4) is 0 Å². The van der Waals surface area contributed by atoms with Crippen molar-refractivity contribution in [3.05, 3.63) is 38.8 Å². The second-order valence-electron chi connectivity index (χ2n) is 3.46. The van der Waals surface area contributed by atoms with Gasteiger partial charge in [-0.25, -0.2) is 9.78 Å². The third kappa shape index (κ3) is 2.58. The van der Waals surface area contributed by atoms with Gasteiger partial charge in [0.05, 0.1) is 21.4 Å². The highest BCUT2D eigenvalue weighted by molar-refractivity contribution is 7.17. The molecule has 0 aliphatic rings. The molecule has 0 saturated carbocycles. The van der Waals surface area contributed by atoms with Crippen LogP contribution in [-0.4, -0.2) is 16.1 Å². The van der Waals surface area contributed by atoms with Gasteiger partial charge in [-0.15, -0.1) is 0 Å². The molecule has 94 valence electrons. The number of aryl methyl sites for hydroxylation is 1. The van der Waals surface area contributed by atoms with Crippen molar-refractivity contribution in [2.45, 2.75) is 6.92 Å². The molecule has 0 spiro atoms. The summed E-state index contributed by atoms with van der Waals surface area (Å²) in [5.74, 6) is -0.997. The fraction of sp³-hybridized carbons (Fsp3) is 0.0909. The number of rotatable bonds is 3. The first-order valence-electron chi connectivity index (χ1n) is 4.91. The van der Waals surface area contributed by atoms with Crippen LogP contribution < -0.4 is 5.32 Å². The van der Waals surface area contributed by atoms with Gasteiger partial charge in [0.25, 0.3) is 0 Å². The summed E-state index contributed by atoms with van der Waals surface area (Å²) in [6.07, 6.45) is 0. The van der Waals surface area contributed by atoms with E-state index < -0.39 is 5.97 Å². The normalized spacial score (nSPS) is 10.4. The number of carbonyl (C=O) groups is 1. The molecule has 0 aliphatic carbocycles. The van der Waals surface area contributed by atoms with E-state index in [1.165, 1.54) is 0 Å². The van der Waals surface area contributed by atoms with Crippen LogP contribution in [0.4, 0.5) is 10.8 Å². The molecule has 7 heteroatoms. The minimum atomic E-state index is -0.997. The Morgan fingerprint density at radius 3 is 2.50 bits per heavy atom. The number of para-hydroxylation sites is 1. The van der Waals surface area contributed by atoms with Crippen molar-refractivity contribution in [2.24, 2.45) is 0 Å². The smallest absolute Gasteiger partial charge is 0.347 e. The fourth-order valence-electron chi connectivity index (χ4n) is 1.37. The second kappa shape index (κ2) is 5.14. The highest BCUT2D eigenvalue weighted by Gasteiger charge is 2.15. The lowest BCUT2D eigenvalue weighted by Crippen LogP contribution is -1.94. The van der Waals surface area contributed by atoms with Crippen LogP contribution in [0, 0.1) is 6.92 Å². The number of aromatic nitrogens is 1. The van der Waals surface area contributed by atoms with Gasteiger partial charge in [0.15, 0.2) is 5.13 Å². The number of carboxylic acids is 1. The standard InChI is InChI=1S/C11H8Cl2N2O2S/c1-5-9(10(16)17)18-11(14-5)15-8-6(12)3-2-4-7(8)13/h2-4H,1H3,(H,14,15)(H,16,17). The van der Waals surface area contributed by atoms with E-state index in [-0.39, 0.29) is 4.88 Å². The van der Waals surface area contributed by atoms with Gasteiger partial charge in [-0.05, 0) is 19.1 Å². The van der Waals surface area contributed by atoms with Crippen molar-refractivity contribution in [3.63, 3.8) is 0 Å². The molecule has 2 aromatic rings. The first kappa shape index (κ1) is 13.1. The molecule has 0 radical (unpaired) electrons. The van der Waals surface area contributed by atoms with Crippen LogP contribution >= 0.6 is 34.5 Å². The van der Waals surface area contributed by atoms with E-state index in [1.54, 1.807) is 25.1 Å². The maximum Gasteiger partial charge on any atom is 0.347 e. The maximum absolute atomic E-state index is 10.9. The molecule has 0 amide bonds. The van der Waals surface area contributed by atoms with Crippen LogP contribution in [0.2, 0.25) is 10.0 Å². The molecule has 2 rings (SSSR count). The molecule has 0 bridgehead atoms. The van der Waals surface area contributed by atoms with Gasteiger partial charge >= 0.3 is 5.97 Å². The number of aromatic carboxylic acids is 1. The summed E-state index contributed by atoms with van der Waals surface area (Å²) < 4.78 is 0. The monoisotopic (exact) mass is 302 g/mol. The fourth-order valence-corrected chi connectivity index (χ4v) is 2.67. The average molecular weight is 303 g/mol. The first-order chi connectivity index (χ1) is 8.49. The Bertz CT molecular complexity index is 593. The number of hydrogen-bond acceptors (Lipinski definition) is 4. The lowest BCUT2D eigenvalue weighted by atomic mass is 10.3. The highest BCUT2D eigenvalue weighted by atomic mass is 35.5. The predicted octanol–water partition coefficient (Wildman–Crippen LogP) is 4.20. The molecule has 0 unspecified atom stereocenters. The zero-order chi connectivity index (χ0) is 13.3. The lowest BCUT2D eigenvalue weighted by Gasteiger charge is -2.06. The summed E-state index contributed by atoms with van der Waals surface area (Å²) in [5, 5.41) is 13.2. The zero-order valence-electron chi connectivity index (χ0n) is 9.20. The Kier molecular flexibility index (Phi) is 3.75. The summed E-state index contributed by atoms with van der Waals surface area (Å²) in [5.41, 5.74) is 0.977. The Hall–Kier alpha value is -1.30. The average Bonchev–Trinajstić information content (AvgIpc) is 2.65. The van der Waals surface area contributed by atoms with Gasteiger partial charge in [0.1, 0.15) is 4.88 Å². The Morgan fingerprint density at radius 1 is 1.39 bits per heavy atom. The van der Waals surface area contributed by atoms with Crippen molar-refractivity contribution in [3.8, 4) is 0 Å². The molecular weight excluding hydrogens is 295 g/mol. The van der Waals surface area contributed by atoms with Gasteiger partial charge in [-0.2, -0.15) is 0 Å². The van der Waals surface area contributed by atoms with E-state index >= 15 is 0 Å². The van der Waals surface area contributed by atoms with Crippen LogP contribution in [0.5, 0.6) is 0 Å². The number of carboxylic acid groups (broad SMARTS) is 1. The molecular formula is C11H8Cl2N2O2S. The van der Waals surface area contributed by atoms with E-state index in [1.807, 2.05) is 0 Å². The van der Waals surface area contributed by atoms with Crippen LogP contribution in [0.1, 0.15) is 15.4 Å². The first-order valence-corrected chi connectivity index (χ1v) is 6.48. The molecule has 4 nitrogen and oxygen atoms in total. The molecule has 1 aromatic heterocycles. The van der Waals surface area contributed by atoms with Gasteiger partial charge in [0.2, 0.25) is 0 Å². The van der Waals surface area contributed by atoms with Crippen molar-refractivity contribution in [1.29, 1.82) is 0 Å². The SMILES string of the molecule is Cc1nc(Nc2c(Cl)cccc2Cl)sc1C(=O)O. The van der Waals surface area contributed by atoms with E-state index in [4.69, 9.17) is 28.3 Å². The summed E-state index contributed by atoms with van der Waals surface area (Å²) >= 11 is 13.0. The lowest BCUT2D eigenvalue weighted by molar-refractivity contribution is 0.0701. The third-order valence-electron chi connectivity index (χ3n) is 2.19. The summed E-state index contributed by atoms with van der Waals surface area (Å²) in [4.78, 5) is 15.2. The molecule has 2 N–H and O–H groups in total. The largest absolute Gasteiger partial charge is 0.477 e. The summed E-state index contributed by atoms with van der Waals surface area (Å²) in [6, 6.07) is 5.11. The van der Waals surface area contributed by atoms with Crippen molar-refractivity contribution in [1.82, 2.24) is 4.98 Å². The van der Waals surface area contributed by atoms with Crippen molar-refractivity contribution in [2.75, 3.05) is 5.32 Å². The van der Waals surface area contributed by atoms with Gasteiger partial charge in [0, 0.05) is 0 Å². The minimum absolute atomic E-state index is 0.195. The van der Waals surface area contributed by atoms with Gasteiger partial charge < -0.3 is 10.4 Å². The molecule has 0 atom stereocenters. The topological polar surface area (TPSA) is 62.2 Å². The highest BCUT2D eigenvalue weighted by Crippen LogP contribution is 2.34. The van der Waals surface area contributed by atoms with Crippen LogP contribution in [-0.2, 0) is 0 Å². The zero-order valence-corrected chi connectivity index (χ0v) is 11.5. The van der Waals surface area contributed by atoms with Gasteiger partial charge in [-0.1, -0.05) is 40.6 Å². The Morgan fingerprint density at radius 2 is 2.00 bits per heavy atom. The van der Waals surface area contributed by atoms with E-state index in [0.717, 1.165) is 11.3 Å². The van der Waals surface area contributed by atoms with Crippen LogP contribution in [0.25, 0.3) is 0 Å². The molecule has 18 heavy (non-hydrogen) atoms. The third-order valence-corrected chi connectivity index (χ3v) is 3.88. The number of nitrogens with zero attached hydrogens (tertiary/aromatic N) is 1. The number of hydrogen-bond donors (Lipinski definition) is 2. The second-order valence-corrected chi connectivity index (χ2v) is 5.27. The van der Waals surface area contributed by atoms with Crippen molar-refractivity contribution < 1.29 is 9.90 Å². The maximum atomic E-state index is 10.9. The summed E-state index contributed by atoms with van der Waals surface area (Å²) in [7, 11) is 0. The van der Waals surface area contributed by atoms with Crippen molar-refractivity contribution >= 4 is 51.3 Å². The number of nitrogens with one attached hydrogen (secondary N) is 1. The molecule has 0 aliphatic heterocycles. The predicted molar refractivity (Wildman–Crippen MR) is 73.6 cm³/mol. The Labute approximate surface area is 117 Å². The van der Waals surface area contributed by atoms with E-state index in [9.17, 15) is 4.79 Å². The molecule has 0 fully saturated rings. The number of benzene rings is 1. The minimum Gasteiger partial charge on any atom is -0.477 e. The molecule has 0 saturated heterocycles. The Balaban J connectivity index is 2.35. The molecule has 1 heterocycles. The van der Waals surface area contributed by atoms with Gasteiger partial charge in [-0.3, -0.25) is 0 Å². The number of anilines is 2. The summed E-state index contributed by atoms with van der Waals surface area (Å²) in [6.45, 7) is 1.64.